The Morgan fingerprint density at radius 3 is 2.81 bits per heavy atom. The van der Waals surface area contributed by atoms with Gasteiger partial charge in [0.25, 0.3) is 0 Å². The van der Waals surface area contributed by atoms with Gasteiger partial charge in [-0.15, -0.1) is 0 Å². The van der Waals surface area contributed by atoms with E-state index in [1.54, 1.807) is 14.2 Å². The first-order valence-corrected chi connectivity index (χ1v) is 9.60. The lowest BCUT2D eigenvalue weighted by molar-refractivity contribution is -0.194. The van der Waals surface area contributed by atoms with E-state index < -0.39 is 0 Å². The van der Waals surface area contributed by atoms with Crippen LogP contribution >= 0.6 is 15.9 Å². The summed E-state index contributed by atoms with van der Waals surface area (Å²) < 4.78 is 12.3. The zero-order valence-electron chi connectivity index (χ0n) is 14.8. The van der Waals surface area contributed by atoms with E-state index in [1.807, 2.05) is 6.07 Å². The van der Waals surface area contributed by atoms with Gasteiger partial charge < -0.3 is 14.4 Å². The van der Waals surface area contributed by atoms with Gasteiger partial charge in [0.15, 0.2) is 17.2 Å². The fourth-order valence-electron chi connectivity index (χ4n) is 4.47. The van der Waals surface area contributed by atoms with Crippen molar-refractivity contribution in [2.24, 2.45) is 0 Å². The number of rotatable bonds is 2. The van der Waals surface area contributed by atoms with Gasteiger partial charge in [0.05, 0.1) is 14.2 Å². The lowest BCUT2D eigenvalue weighted by Crippen LogP contribution is -2.39. The highest BCUT2D eigenvalue weighted by Gasteiger charge is 2.36. The third-order valence-corrected chi connectivity index (χ3v) is 6.45. The van der Waals surface area contributed by atoms with E-state index in [9.17, 15) is 0 Å². The van der Waals surface area contributed by atoms with E-state index in [2.05, 4.69) is 33.0 Å². The maximum Gasteiger partial charge on any atom is 0.171 e. The molecule has 5 nitrogen and oxygen atoms in total. The Bertz CT molecular complexity index is 898. The molecule has 136 valence electrons. The smallest absolute Gasteiger partial charge is 0.171 e. The Morgan fingerprint density at radius 2 is 2.00 bits per heavy atom. The van der Waals surface area contributed by atoms with Crippen LogP contribution in [0, 0.1) is 0 Å². The largest absolute Gasteiger partial charge is 0.493 e. The van der Waals surface area contributed by atoms with Gasteiger partial charge >= 0.3 is 0 Å². The normalized spacial score (nSPS) is 20.5. The van der Waals surface area contributed by atoms with Crippen molar-refractivity contribution >= 4 is 15.9 Å². The van der Waals surface area contributed by atoms with Gasteiger partial charge in [-0.2, -0.15) is 4.89 Å². The van der Waals surface area contributed by atoms with Crippen LogP contribution in [0.4, 0.5) is 0 Å². The predicted molar refractivity (Wildman–Crippen MR) is 99.7 cm³/mol. The third kappa shape index (κ3) is 2.36. The molecule has 0 bridgehead atoms. The Hall–Kier alpha value is -1.76. The minimum absolute atomic E-state index is 0.343. The quantitative estimate of drug-likeness (QED) is 0.691. The van der Waals surface area contributed by atoms with Crippen LogP contribution < -0.4 is 14.4 Å². The second-order valence-corrected chi connectivity index (χ2v) is 7.85. The monoisotopic (exact) mass is 417 g/mol. The van der Waals surface area contributed by atoms with E-state index in [-0.39, 0.29) is 0 Å². The standard InChI is InChI=1S/C20H20BrNO4/c1-23-19-8-16(21)14-6-17-13-7-18-12(10-25-26-18)5-11(13)3-4-22(17)9-15(14)20(19)24-2/h5,7-8,17H,3-4,6,9-10H2,1-2H3. The fraction of sp³-hybridized carbons (Fsp3) is 0.400. The summed E-state index contributed by atoms with van der Waals surface area (Å²) in [5.41, 5.74) is 6.45. The van der Waals surface area contributed by atoms with E-state index in [1.165, 1.54) is 22.3 Å². The lowest BCUT2D eigenvalue weighted by Gasteiger charge is -2.42. The van der Waals surface area contributed by atoms with E-state index in [4.69, 9.17) is 19.2 Å². The first-order chi connectivity index (χ1) is 12.7. The first-order valence-electron chi connectivity index (χ1n) is 8.81. The van der Waals surface area contributed by atoms with Crippen LogP contribution in [0.1, 0.15) is 33.9 Å². The molecule has 0 radical (unpaired) electrons. The van der Waals surface area contributed by atoms with E-state index >= 15 is 0 Å². The average molecular weight is 418 g/mol. The molecule has 5 rings (SSSR count). The number of methoxy groups -OCH3 is 2. The SMILES string of the molecule is COc1cc(Br)c2c(c1OC)CN1CCc3cc4c(cc3C1C2)OOC4. The lowest BCUT2D eigenvalue weighted by atomic mass is 9.83. The summed E-state index contributed by atoms with van der Waals surface area (Å²) in [4.78, 5) is 13.0. The molecule has 3 heterocycles. The number of hydrogen-bond donors (Lipinski definition) is 0. The van der Waals surface area contributed by atoms with Crippen LogP contribution in [0.25, 0.3) is 0 Å². The van der Waals surface area contributed by atoms with Gasteiger partial charge in [0, 0.05) is 34.7 Å². The van der Waals surface area contributed by atoms with E-state index in [0.717, 1.165) is 53.2 Å². The number of fused-ring (bicyclic) bond motifs is 5. The van der Waals surface area contributed by atoms with Crippen molar-refractivity contribution in [3.8, 4) is 17.2 Å². The third-order valence-electron chi connectivity index (χ3n) is 5.74. The summed E-state index contributed by atoms with van der Waals surface area (Å²) in [5.74, 6) is 2.49. The highest BCUT2D eigenvalue weighted by atomic mass is 79.9. The summed E-state index contributed by atoms with van der Waals surface area (Å²) in [7, 11) is 3.40. The van der Waals surface area contributed by atoms with Crippen molar-refractivity contribution in [1.82, 2.24) is 4.90 Å². The Morgan fingerprint density at radius 1 is 1.12 bits per heavy atom. The molecule has 3 aliphatic heterocycles. The van der Waals surface area contributed by atoms with Gasteiger partial charge in [0.2, 0.25) is 0 Å². The van der Waals surface area contributed by atoms with Crippen LogP contribution in [-0.2, 0) is 30.9 Å². The van der Waals surface area contributed by atoms with Crippen LogP contribution in [0.2, 0.25) is 0 Å². The van der Waals surface area contributed by atoms with Crippen molar-refractivity contribution in [1.29, 1.82) is 0 Å². The summed E-state index contributed by atoms with van der Waals surface area (Å²) in [6, 6.07) is 6.79. The molecule has 1 unspecified atom stereocenters. The zero-order valence-corrected chi connectivity index (χ0v) is 16.4. The predicted octanol–water partition coefficient (Wildman–Crippen LogP) is 3.95. The molecule has 0 saturated heterocycles. The van der Waals surface area contributed by atoms with Crippen molar-refractivity contribution in [3.05, 3.63) is 50.5 Å². The molecule has 3 aliphatic rings. The van der Waals surface area contributed by atoms with Crippen molar-refractivity contribution in [3.63, 3.8) is 0 Å². The summed E-state index contributed by atoms with van der Waals surface area (Å²) in [5, 5.41) is 0. The molecule has 1 atom stereocenters. The topological polar surface area (TPSA) is 40.2 Å². The zero-order chi connectivity index (χ0) is 17.8. The molecule has 2 aromatic rings. The molecular formula is C20H20BrNO4. The Kier molecular flexibility index (Phi) is 3.88. The van der Waals surface area contributed by atoms with Crippen molar-refractivity contribution < 1.29 is 19.2 Å². The van der Waals surface area contributed by atoms with Gasteiger partial charge in [-0.05, 0) is 47.7 Å². The highest BCUT2D eigenvalue weighted by Crippen LogP contribution is 2.47. The molecule has 0 fully saturated rings. The maximum atomic E-state index is 5.69. The molecule has 0 aliphatic carbocycles. The van der Waals surface area contributed by atoms with Gasteiger partial charge in [-0.3, -0.25) is 4.90 Å². The Labute approximate surface area is 160 Å². The van der Waals surface area contributed by atoms with Crippen LogP contribution in [0.15, 0.2) is 22.7 Å². The molecule has 2 aromatic carbocycles. The summed E-state index contributed by atoms with van der Waals surface area (Å²) in [6.07, 6.45) is 1.98. The summed E-state index contributed by atoms with van der Waals surface area (Å²) >= 11 is 3.74. The molecule has 26 heavy (non-hydrogen) atoms. The number of benzene rings is 2. The molecule has 0 spiro atoms. The van der Waals surface area contributed by atoms with Crippen molar-refractivity contribution in [2.75, 3.05) is 20.8 Å². The minimum atomic E-state index is 0.343. The second kappa shape index (κ2) is 6.15. The molecule has 0 amide bonds. The molecular weight excluding hydrogens is 398 g/mol. The first kappa shape index (κ1) is 16.4. The number of halogens is 1. The average Bonchev–Trinajstić information content (AvgIpc) is 3.12. The van der Waals surface area contributed by atoms with E-state index in [0.29, 0.717) is 12.6 Å². The molecule has 0 aromatic heterocycles. The second-order valence-electron chi connectivity index (χ2n) is 7.00. The highest BCUT2D eigenvalue weighted by molar-refractivity contribution is 9.10. The van der Waals surface area contributed by atoms with Crippen LogP contribution in [0.3, 0.4) is 0 Å². The molecule has 6 heteroatoms. The van der Waals surface area contributed by atoms with Crippen LogP contribution in [-0.4, -0.2) is 25.7 Å². The van der Waals surface area contributed by atoms with Gasteiger partial charge in [0.1, 0.15) is 6.61 Å². The molecule has 0 N–H and O–H groups in total. The number of hydrogen-bond acceptors (Lipinski definition) is 5. The fourth-order valence-corrected chi connectivity index (χ4v) is 5.08. The van der Waals surface area contributed by atoms with Gasteiger partial charge in [-0.1, -0.05) is 15.9 Å². The number of ether oxygens (including phenoxy) is 2. The van der Waals surface area contributed by atoms with Crippen molar-refractivity contribution in [2.45, 2.75) is 32.0 Å². The molecule has 0 saturated carbocycles. The minimum Gasteiger partial charge on any atom is -0.493 e. The Balaban J connectivity index is 1.60. The summed E-state index contributed by atoms with van der Waals surface area (Å²) in [6.45, 7) is 2.44. The number of nitrogens with zero attached hydrogens (tertiary/aromatic N) is 1. The maximum absolute atomic E-state index is 5.69. The van der Waals surface area contributed by atoms with Gasteiger partial charge in [-0.25, -0.2) is 0 Å². The van der Waals surface area contributed by atoms with Crippen LogP contribution in [0.5, 0.6) is 17.2 Å².